The second kappa shape index (κ2) is 11.9. The Bertz CT molecular complexity index is 1600. The van der Waals surface area contributed by atoms with E-state index in [1.807, 2.05) is 73.0 Å². The van der Waals surface area contributed by atoms with E-state index < -0.39 is 5.97 Å². The Morgan fingerprint density at radius 1 is 1.05 bits per heavy atom. The van der Waals surface area contributed by atoms with Crippen molar-refractivity contribution in [3.63, 3.8) is 0 Å². The van der Waals surface area contributed by atoms with Crippen molar-refractivity contribution in [2.24, 2.45) is 0 Å². The first-order valence-electron chi connectivity index (χ1n) is 13.7. The summed E-state index contributed by atoms with van der Waals surface area (Å²) in [5.74, 6) is -1.07. The van der Waals surface area contributed by atoms with Crippen molar-refractivity contribution in [2.45, 2.75) is 45.7 Å². The number of aryl methyl sites for hydroxylation is 2. The number of carbonyl (C=O) groups is 2. The monoisotopic (exact) mass is 567 g/mol. The lowest BCUT2D eigenvalue weighted by Gasteiger charge is -2.28. The molecule has 1 saturated heterocycles. The fourth-order valence-electron chi connectivity index (χ4n) is 5.68. The highest BCUT2D eigenvalue weighted by Crippen LogP contribution is 2.41. The zero-order valence-electron chi connectivity index (χ0n) is 23.3. The number of benzene rings is 2. The smallest absolute Gasteiger partial charge is 0.337 e. The molecule has 0 bridgehead atoms. The predicted octanol–water partition coefficient (Wildman–Crippen LogP) is 5.75. The quantitative estimate of drug-likeness (QED) is 0.222. The lowest BCUT2D eigenvalue weighted by molar-refractivity contribution is -0.116. The van der Waals surface area contributed by atoms with E-state index in [0.29, 0.717) is 17.3 Å². The zero-order chi connectivity index (χ0) is 29.1. The van der Waals surface area contributed by atoms with Crippen LogP contribution in [-0.2, 0) is 11.2 Å². The van der Waals surface area contributed by atoms with Crippen LogP contribution >= 0.6 is 12.2 Å². The van der Waals surface area contributed by atoms with Crippen molar-refractivity contribution in [3.8, 4) is 5.69 Å². The van der Waals surface area contributed by atoms with Crippen LogP contribution in [-0.4, -0.2) is 43.1 Å². The maximum atomic E-state index is 13.1. The Morgan fingerprint density at radius 2 is 1.78 bits per heavy atom. The number of thiocarbonyl (C=S) groups is 1. The first kappa shape index (κ1) is 28.0. The number of hydrogen-bond acceptors (Lipinski definition) is 4. The summed E-state index contributed by atoms with van der Waals surface area (Å²) < 4.78 is 1.97. The highest BCUT2D eigenvalue weighted by molar-refractivity contribution is 7.80. The summed E-state index contributed by atoms with van der Waals surface area (Å²) in [5, 5.41) is 16.9. The summed E-state index contributed by atoms with van der Waals surface area (Å²) in [6.07, 6.45) is 2.82. The van der Waals surface area contributed by atoms with Crippen molar-refractivity contribution < 1.29 is 14.7 Å². The van der Waals surface area contributed by atoms with Crippen LogP contribution in [0.2, 0.25) is 0 Å². The summed E-state index contributed by atoms with van der Waals surface area (Å²) in [4.78, 5) is 31.8. The first-order chi connectivity index (χ1) is 19.8. The molecule has 3 N–H and O–H groups in total. The number of amides is 1. The molecule has 3 heterocycles. The van der Waals surface area contributed by atoms with E-state index in [1.54, 1.807) is 18.3 Å². The van der Waals surface area contributed by atoms with Gasteiger partial charge in [0, 0.05) is 36.2 Å². The number of aromatic carboxylic acids is 1. The van der Waals surface area contributed by atoms with Gasteiger partial charge in [0.2, 0.25) is 5.91 Å². The van der Waals surface area contributed by atoms with E-state index in [2.05, 4.69) is 33.5 Å². The Labute approximate surface area is 245 Å². The second-order valence-electron chi connectivity index (χ2n) is 10.1. The van der Waals surface area contributed by atoms with Crippen molar-refractivity contribution in [2.75, 3.05) is 11.9 Å². The zero-order valence-corrected chi connectivity index (χ0v) is 24.1. The number of nitrogens with zero attached hydrogens (tertiary/aromatic N) is 3. The van der Waals surface area contributed by atoms with Crippen LogP contribution in [0.15, 0.2) is 79.0 Å². The molecule has 210 valence electrons. The molecule has 41 heavy (non-hydrogen) atoms. The highest BCUT2D eigenvalue weighted by atomic mass is 32.1. The minimum atomic E-state index is -0.984. The number of anilines is 1. The van der Waals surface area contributed by atoms with Crippen LogP contribution in [0, 0.1) is 13.8 Å². The van der Waals surface area contributed by atoms with Gasteiger partial charge < -0.3 is 25.2 Å². The summed E-state index contributed by atoms with van der Waals surface area (Å²) in [6, 6.07) is 22.2. The standard InChI is InChI=1S/C32H33N5O3S/c1-4-22-11-5-7-13-25(22)34-28(38)16-18-36-30(29(35-32(36)41)26-14-9-10-17-33-26)24-19-20(2)37(21(24)3)27-15-8-6-12-23(27)31(39)40/h5-15,17,19,29-30H,4,16,18H2,1-3H3,(H,34,38)(H,35,41)(H,39,40)/t29-,30-/m0/s1. The number of carbonyl (C=O) groups excluding carboxylic acids is 1. The Hall–Kier alpha value is -4.50. The van der Waals surface area contributed by atoms with Gasteiger partial charge in [0.15, 0.2) is 5.11 Å². The van der Waals surface area contributed by atoms with Gasteiger partial charge in [-0.2, -0.15) is 0 Å². The summed E-state index contributed by atoms with van der Waals surface area (Å²) in [6.45, 7) is 6.42. The number of aromatic nitrogens is 2. The van der Waals surface area contributed by atoms with E-state index in [1.165, 1.54) is 0 Å². The number of nitrogens with one attached hydrogen (secondary N) is 2. The van der Waals surface area contributed by atoms with Gasteiger partial charge in [0.25, 0.3) is 0 Å². The van der Waals surface area contributed by atoms with Gasteiger partial charge in [-0.05, 0) is 80.0 Å². The number of hydrogen-bond donors (Lipinski definition) is 3. The number of para-hydroxylation sites is 2. The molecular formula is C32H33N5O3S. The van der Waals surface area contributed by atoms with E-state index >= 15 is 0 Å². The van der Waals surface area contributed by atoms with Gasteiger partial charge in [-0.3, -0.25) is 9.78 Å². The molecule has 4 aromatic rings. The normalized spacial score (nSPS) is 16.5. The summed E-state index contributed by atoms with van der Waals surface area (Å²) in [5.41, 5.74) is 6.36. The molecule has 2 aromatic heterocycles. The SMILES string of the molecule is CCc1ccccc1NC(=O)CCN1C(=S)N[C@@H](c2ccccn2)[C@@H]1c1cc(C)n(-c2ccccc2C(=O)O)c1C. The molecule has 0 radical (unpaired) electrons. The molecule has 2 aromatic carbocycles. The van der Waals surface area contributed by atoms with E-state index in [-0.39, 0.29) is 30.0 Å². The topological polar surface area (TPSA) is 99.5 Å². The molecule has 0 saturated carbocycles. The lowest BCUT2D eigenvalue weighted by atomic mass is 9.96. The van der Waals surface area contributed by atoms with Crippen LogP contribution in [0.25, 0.3) is 5.69 Å². The van der Waals surface area contributed by atoms with Crippen LogP contribution in [0.4, 0.5) is 5.69 Å². The van der Waals surface area contributed by atoms with E-state index in [0.717, 1.165) is 40.3 Å². The fourth-order valence-corrected chi connectivity index (χ4v) is 6.01. The third-order valence-corrected chi connectivity index (χ3v) is 7.97. The van der Waals surface area contributed by atoms with E-state index in [4.69, 9.17) is 12.2 Å². The van der Waals surface area contributed by atoms with Gasteiger partial charge in [0.1, 0.15) is 0 Å². The molecule has 5 rings (SSSR count). The fraction of sp³-hybridized carbons (Fsp3) is 0.250. The van der Waals surface area contributed by atoms with Gasteiger partial charge in [0.05, 0.1) is 29.0 Å². The maximum absolute atomic E-state index is 13.1. The van der Waals surface area contributed by atoms with Gasteiger partial charge >= 0.3 is 5.97 Å². The Balaban J connectivity index is 1.50. The third kappa shape index (κ3) is 5.58. The molecule has 1 aliphatic rings. The molecule has 2 atom stereocenters. The van der Waals surface area contributed by atoms with Crippen LogP contribution in [0.5, 0.6) is 0 Å². The molecule has 0 spiro atoms. The largest absolute Gasteiger partial charge is 0.478 e. The maximum Gasteiger partial charge on any atom is 0.337 e. The lowest BCUT2D eigenvalue weighted by Crippen LogP contribution is -2.33. The Morgan fingerprint density at radius 3 is 2.51 bits per heavy atom. The molecule has 1 amide bonds. The van der Waals surface area contributed by atoms with Gasteiger partial charge in [-0.25, -0.2) is 4.79 Å². The first-order valence-corrected chi connectivity index (χ1v) is 14.1. The van der Waals surface area contributed by atoms with Crippen molar-refractivity contribution in [1.29, 1.82) is 0 Å². The van der Waals surface area contributed by atoms with Crippen LogP contribution < -0.4 is 10.6 Å². The molecule has 1 fully saturated rings. The molecule has 0 aliphatic carbocycles. The van der Waals surface area contributed by atoms with Crippen LogP contribution in [0.3, 0.4) is 0 Å². The molecule has 1 aliphatic heterocycles. The van der Waals surface area contributed by atoms with Crippen molar-refractivity contribution >= 4 is 34.9 Å². The minimum Gasteiger partial charge on any atom is -0.478 e. The average Bonchev–Trinajstić information content (AvgIpc) is 3.46. The number of rotatable bonds is 9. The Kier molecular flexibility index (Phi) is 8.16. The number of pyridine rings is 1. The molecule has 0 unspecified atom stereocenters. The summed E-state index contributed by atoms with van der Waals surface area (Å²) >= 11 is 5.82. The average molecular weight is 568 g/mol. The molecule has 9 heteroatoms. The van der Waals surface area contributed by atoms with Gasteiger partial charge in [-0.15, -0.1) is 0 Å². The minimum absolute atomic E-state index is 0.0883. The van der Waals surface area contributed by atoms with Crippen molar-refractivity contribution in [1.82, 2.24) is 19.8 Å². The number of carboxylic acids is 1. The molecule has 8 nitrogen and oxygen atoms in total. The summed E-state index contributed by atoms with van der Waals surface area (Å²) in [7, 11) is 0. The number of carboxylic acid groups (broad SMARTS) is 1. The second-order valence-corrected chi connectivity index (χ2v) is 10.5. The highest BCUT2D eigenvalue weighted by Gasteiger charge is 2.41. The van der Waals surface area contributed by atoms with E-state index in [9.17, 15) is 14.7 Å². The van der Waals surface area contributed by atoms with Crippen LogP contribution in [0.1, 0.15) is 64.0 Å². The van der Waals surface area contributed by atoms with Gasteiger partial charge in [-0.1, -0.05) is 43.3 Å². The predicted molar refractivity (Wildman–Crippen MR) is 163 cm³/mol. The molecular weight excluding hydrogens is 534 g/mol. The van der Waals surface area contributed by atoms with Crippen molar-refractivity contribution in [3.05, 3.63) is 113 Å². The third-order valence-electron chi connectivity index (χ3n) is 7.61.